The third-order valence-electron chi connectivity index (χ3n) is 5.22. The van der Waals surface area contributed by atoms with Crippen LogP contribution < -0.4 is 19.9 Å². The summed E-state index contributed by atoms with van der Waals surface area (Å²) >= 11 is 1.64. The third-order valence-corrected chi connectivity index (χ3v) is 5.96. The molecule has 1 aliphatic rings. The van der Waals surface area contributed by atoms with Crippen molar-refractivity contribution in [2.45, 2.75) is 17.7 Å². The van der Waals surface area contributed by atoms with Crippen LogP contribution in [0.25, 0.3) is 0 Å². The number of ether oxygens (including phenoxy) is 3. The molecule has 3 aromatic carbocycles. The first-order valence-electron chi connectivity index (χ1n) is 10.2. The number of fused-ring (bicyclic) bond motifs is 1. The van der Waals surface area contributed by atoms with Crippen LogP contribution in [0, 0.1) is 18.3 Å². The molecule has 0 saturated carbocycles. The zero-order valence-electron chi connectivity index (χ0n) is 18.2. The van der Waals surface area contributed by atoms with Crippen LogP contribution in [-0.2, 0) is 4.79 Å². The molecular formula is C26H22N2O4S. The Labute approximate surface area is 196 Å². The van der Waals surface area contributed by atoms with E-state index in [2.05, 4.69) is 6.07 Å². The highest BCUT2D eigenvalue weighted by Crippen LogP contribution is 2.43. The summed E-state index contributed by atoms with van der Waals surface area (Å²) in [6.45, 7) is 1.72. The second-order valence-electron chi connectivity index (χ2n) is 7.48. The monoisotopic (exact) mass is 458 g/mol. The fraction of sp³-hybridized carbons (Fsp3) is 0.154. The van der Waals surface area contributed by atoms with Gasteiger partial charge in [0.15, 0.2) is 6.61 Å². The van der Waals surface area contributed by atoms with E-state index < -0.39 is 5.97 Å². The van der Waals surface area contributed by atoms with Gasteiger partial charge in [0.05, 0.1) is 5.92 Å². The van der Waals surface area contributed by atoms with Crippen molar-refractivity contribution in [2.24, 2.45) is 5.73 Å². The highest BCUT2D eigenvalue weighted by molar-refractivity contribution is 7.98. The van der Waals surface area contributed by atoms with Crippen molar-refractivity contribution in [1.29, 1.82) is 5.26 Å². The lowest BCUT2D eigenvalue weighted by Crippen LogP contribution is -2.21. The summed E-state index contributed by atoms with van der Waals surface area (Å²) in [5.41, 5.74) is 9.14. The van der Waals surface area contributed by atoms with E-state index in [9.17, 15) is 10.1 Å². The highest BCUT2D eigenvalue weighted by Gasteiger charge is 2.31. The maximum Gasteiger partial charge on any atom is 0.349 e. The van der Waals surface area contributed by atoms with Crippen LogP contribution in [0.4, 0.5) is 0 Å². The third kappa shape index (κ3) is 4.97. The van der Waals surface area contributed by atoms with Crippen LogP contribution in [-0.4, -0.2) is 18.8 Å². The second kappa shape index (κ2) is 9.72. The number of nitrogens with zero attached hydrogens (tertiary/aromatic N) is 1. The first kappa shape index (κ1) is 22.3. The van der Waals surface area contributed by atoms with Crippen LogP contribution in [0.15, 0.2) is 83.1 Å². The standard InChI is InChI=1S/C26H22N2O4S/c1-16-4-3-5-18(12-16)30-15-24(29)31-19-8-11-21-23(13-19)32-26(28)22(14-27)25(21)17-6-9-20(33-2)10-7-17/h3-13,25H,15,28H2,1-2H3. The number of esters is 1. The van der Waals surface area contributed by atoms with Gasteiger partial charge in [-0.1, -0.05) is 30.3 Å². The number of nitriles is 1. The average Bonchev–Trinajstić information content (AvgIpc) is 2.82. The molecule has 0 spiro atoms. The van der Waals surface area contributed by atoms with E-state index >= 15 is 0 Å². The molecule has 2 N–H and O–H groups in total. The normalized spacial score (nSPS) is 14.6. The summed E-state index contributed by atoms with van der Waals surface area (Å²) in [6.07, 6.45) is 2.01. The number of allylic oxidation sites excluding steroid dienone is 1. The molecule has 1 aliphatic heterocycles. The van der Waals surface area contributed by atoms with Crippen molar-refractivity contribution >= 4 is 17.7 Å². The number of aryl methyl sites for hydroxylation is 1. The fourth-order valence-corrected chi connectivity index (χ4v) is 4.06. The van der Waals surface area contributed by atoms with Gasteiger partial charge in [0, 0.05) is 16.5 Å². The minimum absolute atomic E-state index is 0.0372. The zero-order chi connectivity index (χ0) is 23.4. The Morgan fingerprint density at radius 3 is 2.61 bits per heavy atom. The number of benzene rings is 3. The topological polar surface area (TPSA) is 94.6 Å². The van der Waals surface area contributed by atoms with Gasteiger partial charge in [-0.25, -0.2) is 4.79 Å². The molecule has 6 nitrogen and oxygen atoms in total. The van der Waals surface area contributed by atoms with Crippen LogP contribution in [0.2, 0.25) is 0 Å². The van der Waals surface area contributed by atoms with Gasteiger partial charge in [0.25, 0.3) is 0 Å². The van der Waals surface area contributed by atoms with Crippen molar-refractivity contribution in [3.8, 4) is 23.3 Å². The van der Waals surface area contributed by atoms with Crippen molar-refractivity contribution in [3.05, 3.63) is 94.9 Å². The van der Waals surface area contributed by atoms with E-state index in [1.807, 2.05) is 55.6 Å². The number of nitrogens with two attached hydrogens (primary N) is 1. The summed E-state index contributed by atoms with van der Waals surface area (Å²) in [6, 6.07) is 22.6. The second-order valence-corrected chi connectivity index (χ2v) is 8.36. The van der Waals surface area contributed by atoms with Gasteiger partial charge in [-0.2, -0.15) is 5.26 Å². The molecule has 0 fully saturated rings. The maximum absolute atomic E-state index is 12.3. The molecule has 166 valence electrons. The van der Waals surface area contributed by atoms with E-state index in [4.69, 9.17) is 19.9 Å². The SMILES string of the molecule is CSc1ccc(C2C(C#N)=C(N)Oc3cc(OC(=O)COc4cccc(C)c4)ccc32)cc1. The molecule has 33 heavy (non-hydrogen) atoms. The van der Waals surface area contributed by atoms with Gasteiger partial charge >= 0.3 is 5.97 Å². The van der Waals surface area contributed by atoms with Gasteiger partial charge in [0.1, 0.15) is 28.9 Å². The van der Waals surface area contributed by atoms with Crippen molar-refractivity contribution in [2.75, 3.05) is 12.9 Å². The molecule has 4 rings (SSSR count). The molecule has 0 amide bonds. The molecule has 0 aliphatic carbocycles. The minimum atomic E-state index is -0.544. The number of thioether (sulfide) groups is 1. The molecule has 7 heteroatoms. The average molecular weight is 459 g/mol. The minimum Gasteiger partial charge on any atom is -0.482 e. The van der Waals surface area contributed by atoms with Crippen molar-refractivity contribution < 1.29 is 19.0 Å². The molecule has 0 saturated heterocycles. The fourth-order valence-electron chi connectivity index (χ4n) is 3.65. The number of hydrogen-bond acceptors (Lipinski definition) is 7. The smallest absolute Gasteiger partial charge is 0.349 e. The first-order chi connectivity index (χ1) is 16.0. The molecule has 3 aromatic rings. The van der Waals surface area contributed by atoms with Crippen LogP contribution in [0.5, 0.6) is 17.2 Å². The van der Waals surface area contributed by atoms with E-state index in [0.29, 0.717) is 22.8 Å². The summed E-state index contributed by atoms with van der Waals surface area (Å²) < 4.78 is 16.6. The lowest BCUT2D eigenvalue weighted by atomic mass is 9.83. The number of carbonyl (C=O) groups excluding carboxylic acids is 1. The molecule has 0 bridgehead atoms. The number of hydrogen-bond donors (Lipinski definition) is 1. The van der Waals surface area contributed by atoms with Gasteiger partial charge < -0.3 is 19.9 Å². The van der Waals surface area contributed by atoms with E-state index in [1.165, 1.54) is 0 Å². The van der Waals surface area contributed by atoms with Gasteiger partial charge in [-0.05, 0) is 54.6 Å². The lowest BCUT2D eigenvalue weighted by molar-refractivity contribution is -0.136. The van der Waals surface area contributed by atoms with E-state index in [-0.39, 0.29) is 18.4 Å². The zero-order valence-corrected chi connectivity index (χ0v) is 19.0. The quantitative estimate of drug-likeness (QED) is 0.318. The molecule has 0 radical (unpaired) electrons. The molecule has 1 unspecified atom stereocenters. The first-order valence-corrected chi connectivity index (χ1v) is 11.5. The molecular weight excluding hydrogens is 436 g/mol. The Balaban J connectivity index is 1.54. The van der Waals surface area contributed by atoms with Crippen LogP contribution in [0.3, 0.4) is 0 Å². The maximum atomic E-state index is 12.3. The predicted octanol–water partition coefficient (Wildman–Crippen LogP) is 4.92. The molecule has 1 heterocycles. The van der Waals surface area contributed by atoms with Crippen LogP contribution in [0.1, 0.15) is 22.6 Å². The molecule has 0 aromatic heterocycles. The predicted molar refractivity (Wildman–Crippen MR) is 126 cm³/mol. The Bertz CT molecular complexity index is 1260. The number of rotatable bonds is 6. The van der Waals surface area contributed by atoms with E-state index in [1.54, 1.807) is 36.0 Å². The van der Waals surface area contributed by atoms with Crippen molar-refractivity contribution in [1.82, 2.24) is 0 Å². The Hall–Kier alpha value is -3.89. The Morgan fingerprint density at radius 2 is 1.91 bits per heavy atom. The van der Waals surface area contributed by atoms with Gasteiger partial charge in [-0.3, -0.25) is 0 Å². The summed E-state index contributed by atoms with van der Waals surface area (Å²) in [5.74, 6) is 0.460. The van der Waals surface area contributed by atoms with E-state index in [0.717, 1.165) is 21.6 Å². The lowest BCUT2D eigenvalue weighted by Gasteiger charge is -2.26. The van der Waals surface area contributed by atoms with Gasteiger partial charge in [-0.15, -0.1) is 11.8 Å². The summed E-state index contributed by atoms with van der Waals surface area (Å²) in [7, 11) is 0. The summed E-state index contributed by atoms with van der Waals surface area (Å²) in [5, 5.41) is 9.71. The van der Waals surface area contributed by atoms with Crippen molar-refractivity contribution in [3.63, 3.8) is 0 Å². The van der Waals surface area contributed by atoms with Crippen LogP contribution >= 0.6 is 11.8 Å². The Morgan fingerprint density at radius 1 is 1.12 bits per heavy atom. The Kier molecular flexibility index (Phi) is 6.57. The summed E-state index contributed by atoms with van der Waals surface area (Å²) in [4.78, 5) is 13.4. The molecule has 1 atom stereocenters. The van der Waals surface area contributed by atoms with Gasteiger partial charge in [0.2, 0.25) is 5.88 Å². The highest BCUT2D eigenvalue weighted by atomic mass is 32.2. The largest absolute Gasteiger partial charge is 0.482 e. The number of carbonyl (C=O) groups is 1.